The van der Waals surface area contributed by atoms with Crippen molar-refractivity contribution in [3.8, 4) is 0 Å². The lowest BCUT2D eigenvalue weighted by Crippen LogP contribution is -2.27. The van der Waals surface area contributed by atoms with E-state index in [2.05, 4.69) is 10.3 Å². The fourth-order valence-corrected chi connectivity index (χ4v) is 3.28. The van der Waals surface area contributed by atoms with Crippen LogP contribution in [0.3, 0.4) is 0 Å². The van der Waals surface area contributed by atoms with Gasteiger partial charge in [0, 0.05) is 12.1 Å². The first-order valence-corrected chi connectivity index (χ1v) is 8.23. The maximum atomic E-state index is 12.3. The van der Waals surface area contributed by atoms with Crippen molar-refractivity contribution in [2.45, 2.75) is 19.4 Å². The topological polar surface area (TPSA) is 85.1 Å². The summed E-state index contributed by atoms with van der Waals surface area (Å²) < 4.78 is 1.08. The molecule has 0 bridgehead atoms. The third-order valence-electron chi connectivity index (χ3n) is 3.73. The van der Waals surface area contributed by atoms with Crippen LogP contribution in [0.4, 0.5) is 5.69 Å². The molecule has 24 heavy (non-hydrogen) atoms. The maximum absolute atomic E-state index is 12.3. The highest BCUT2D eigenvalue weighted by molar-refractivity contribution is 7.18. The van der Waals surface area contributed by atoms with Crippen molar-refractivity contribution in [1.82, 2.24) is 10.3 Å². The van der Waals surface area contributed by atoms with Gasteiger partial charge in [0.2, 0.25) is 5.91 Å². The predicted octanol–water partition coefficient (Wildman–Crippen LogP) is 3.62. The van der Waals surface area contributed by atoms with Crippen LogP contribution in [0.25, 0.3) is 10.2 Å². The summed E-state index contributed by atoms with van der Waals surface area (Å²) in [4.78, 5) is 27.2. The largest absolute Gasteiger partial charge is 0.349 e. The number of nitro benzene ring substituents is 1. The Balaban J connectivity index is 1.67. The highest BCUT2D eigenvalue weighted by Gasteiger charge is 2.18. The van der Waals surface area contributed by atoms with Crippen LogP contribution in [0.5, 0.6) is 0 Å². The maximum Gasteiger partial charge on any atom is 0.269 e. The number of non-ortho nitro benzene ring substituents is 1. The second kappa shape index (κ2) is 6.76. The minimum atomic E-state index is -0.473. The Morgan fingerprint density at radius 2 is 2.08 bits per heavy atom. The van der Waals surface area contributed by atoms with Crippen LogP contribution in [0.15, 0.2) is 48.5 Å². The van der Waals surface area contributed by atoms with E-state index in [9.17, 15) is 14.9 Å². The van der Waals surface area contributed by atoms with E-state index in [1.807, 2.05) is 24.3 Å². The highest BCUT2D eigenvalue weighted by atomic mass is 32.1. The molecule has 3 rings (SSSR count). The Labute approximate surface area is 142 Å². The summed E-state index contributed by atoms with van der Waals surface area (Å²) >= 11 is 1.54. The number of carbonyl (C=O) groups excluding carboxylic acids is 1. The van der Waals surface area contributed by atoms with Gasteiger partial charge in [-0.3, -0.25) is 14.9 Å². The Morgan fingerprint density at radius 3 is 2.83 bits per heavy atom. The molecule has 122 valence electrons. The van der Waals surface area contributed by atoms with Crippen LogP contribution in [0.2, 0.25) is 0 Å². The van der Waals surface area contributed by atoms with E-state index in [0.717, 1.165) is 15.2 Å². The number of hydrogen-bond donors (Lipinski definition) is 1. The van der Waals surface area contributed by atoms with Crippen LogP contribution in [0.1, 0.15) is 23.4 Å². The second-order valence-corrected chi connectivity index (χ2v) is 6.48. The van der Waals surface area contributed by atoms with Gasteiger partial charge in [-0.15, -0.1) is 11.3 Å². The lowest BCUT2D eigenvalue weighted by Gasteiger charge is -2.11. The number of aromatic nitrogens is 1. The fraction of sp³-hybridized carbons (Fsp3) is 0.176. The molecule has 0 fully saturated rings. The molecule has 0 aliphatic heterocycles. The molecule has 0 spiro atoms. The van der Waals surface area contributed by atoms with Gasteiger partial charge in [0.25, 0.3) is 5.69 Å². The number of nitro groups is 1. The monoisotopic (exact) mass is 341 g/mol. The van der Waals surface area contributed by atoms with E-state index < -0.39 is 10.8 Å². The molecule has 1 heterocycles. The molecule has 0 saturated heterocycles. The third-order valence-corrected chi connectivity index (χ3v) is 4.76. The molecule has 2 aromatic carbocycles. The van der Waals surface area contributed by atoms with Crippen molar-refractivity contribution in [3.63, 3.8) is 0 Å². The van der Waals surface area contributed by atoms with Gasteiger partial charge in [-0.1, -0.05) is 24.3 Å². The molecule has 0 aliphatic rings. The molecule has 0 radical (unpaired) electrons. The average Bonchev–Trinajstić information content (AvgIpc) is 3.02. The van der Waals surface area contributed by atoms with Gasteiger partial charge in [-0.2, -0.15) is 0 Å². The van der Waals surface area contributed by atoms with Gasteiger partial charge in [0.05, 0.1) is 27.6 Å². The zero-order chi connectivity index (χ0) is 17.1. The van der Waals surface area contributed by atoms with E-state index in [4.69, 9.17) is 0 Å². The van der Waals surface area contributed by atoms with Crippen molar-refractivity contribution in [1.29, 1.82) is 0 Å². The van der Waals surface area contributed by atoms with Crippen LogP contribution in [0, 0.1) is 10.1 Å². The Hall–Kier alpha value is -2.80. The number of hydrogen-bond acceptors (Lipinski definition) is 5. The van der Waals surface area contributed by atoms with Gasteiger partial charge in [-0.05, 0) is 24.6 Å². The first-order valence-electron chi connectivity index (χ1n) is 7.41. The first kappa shape index (κ1) is 16.1. The lowest BCUT2D eigenvalue weighted by atomic mass is 10.00. The summed E-state index contributed by atoms with van der Waals surface area (Å²) in [5.41, 5.74) is 1.52. The molecular formula is C17H15N3O3S. The lowest BCUT2D eigenvalue weighted by molar-refractivity contribution is -0.384. The molecule has 0 saturated carbocycles. The van der Waals surface area contributed by atoms with E-state index in [0.29, 0.717) is 12.1 Å². The smallest absolute Gasteiger partial charge is 0.269 e. The molecule has 0 aliphatic carbocycles. The van der Waals surface area contributed by atoms with Gasteiger partial charge in [0.1, 0.15) is 5.01 Å². The van der Waals surface area contributed by atoms with E-state index in [-0.39, 0.29) is 11.6 Å². The number of nitrogens with zero attached hydrogens (tertiary/aromatic N) is 2. The molecule has 6 nitrogen and oxygen atoms in total. The van der Waals surface area contributed by atoms with E-state index >= 15 is 0 Å². The number of carbonyl (C=O) groups is 1. The normalized spacial score (nSPS) is 12.0. The third kappa shape index (κ3) is 3.41. The Bertz CT molecular complexity index is 874. The number of rotatable bonds is 5. The van der Waals surface area contributed by atoms with Crippen LogP contribution >= 0.6 is 11.3 Å². The summed E-state index contributed by atoms with van der Waals surface area (Å²) in [6.07, 6.45) is 0. The van der Waals surface area contributed by atoms with Crippen LogP contribution in [-0.2, 0) is 11.3 Å². The molecule has 1 aromatic heterocycles. The number of thiazole rings is 1. The van der Waals surface area contributed by atoms with Gasteiger partial charge in [-0.25, -0.2) is 4.98 Å². The number of benzene rings is 2. The molecule has 0 unspecified atom stereocenters. The Kier molecular flexibility index (Phi) is 4.52. The summed E-state index contributed by atoms with van der Waals surface area (Å²) in [5.74, 6) is -0.658. The quantitative estimate of drug-likeness (QED) is 0.567. The van der Waals surface area contributed by atoms with Gasteiger partial charge in [0.15, 0.2) is 0 Å². The van der Waals surface area contributed by atoms with E-state index in [1.54, 1.807) is 19.1 Å². The van der Waals surface area contributed by atoms with E-state index in [1.165, 1.54) is 23.5 Å². The van der Waals surface area contributed by atoms with Crippen LogP contribution in [-0.4, -0.2) is 15.8 Å². The SMILES string of the molecule is C[C@@H](C(=O)NCc1nc2ccccc2s1)c1cccc([N+](=O)[O-])c1. The zero-order valence-corrected chi connectivity index (χ0v) is 13.7. The standard InChI is InChI=1S/C17H15N3O3S/c1-11(12-5-4-6-13(9-12)20(22)23)17(21)18-10-16-19-14-7-2-3-8-15(14)24-16/h2-9,11H,10H2,1H3,(H,18,21)/t11-/m1/s1. The Morgan fingerprint density at radius 1 is 1.29 bits per heavy atom. The number of nitrogens with one attached hydrogen (secondary N) is 1. The molecule has 7 heteroatoms. The highest BCUT2D eigenvalue weighted by Crippen LogP contribution is 2.23. The fourth-order valence-electron chi connectivity index (χ4n) is 2.37. The summed E-state index contributed by atoms with van der Waals surface area (Å²) in [6, 6.07) is 14.0. The molecule has 1 amide bonds. The van der Waals surface area contributed by atoms with Crippen molar-refractivity contribution in [2.24, 2.45) is 0 Å². The number of amides is 1. The summed E-state index contributed by atoms with van der Waals surface area (Å²) in [5, 5.41) is 14.5. The van der Waals surface area contributed by atoms with Crippen molar-refractivity contribution < 1.29 is 9.72 Å². The zero-order valence-electron chi connectivity index (χ0n) is 12.9. The summed E-state index contributed by atoms with van der Waals surface area (Å²) in [7, 11) is 0. The molecule has 1 atom stereocenters. The van der Waals surface area contributed by atoms with Crippen LogP contribution < -0.4 is 5.32 Å². The average molecular weight is 341 g/mol. The van der Waals surface area contributed by atoms with Gasteiger partial charge < -0.3 is 5.32 Å². The molecule has 1 N–H and O–H groups in total. The summed E-state index contributed by atoms with van der Waals surface area (Å²) in [6.45, 7) is 2.07. The second-order valence-electron chi connectivity index (χ2n) is 5.37. The molecule has 3 aromatic rings. The number of para-hydroxylation sites is 1. The van der Waals surface area contributed by atoms with Crippen molar-refractivity contribution >= 4 is 33.1 Å². The first-order chi connectivity index (χ1) is 11.5. The van der Waals surface area contributed by atoms with Crippen molar-refractivity contribution in [3.05, 3.63) is 69.2 Å². The molecular weight excluding hydrogens is 326 g/mol. The minimum absolute atomic E-state index is 0.0154. The van der Waals surface area contributed by atoms with Crippen molar-refractivity contribution in [2.75, 3.05) is 0 Å². The minimum Gasteiger partial charge on any atom is -0.349 e. The van der Waals surface area contributed by atoms with Gasteiger partial charge >= 0.3 is 0 Å². The predicted molar refractivity (Wildman–Crippen MR) is 93.0 cm³/mol. The number of fused-ring (bicyclic) bond motifs is 1.